The maximum Gasteiger partial charge on any atom is 0.287 e. The summed E-state index contributed by atoms with van der Waals surface area (Å²) in [4.78, 5) is 19.2. The molecule has 0 saturated carbocycles. The summed E-state index contributed by atoms with van der Waals surface area (Å²) in [6, 6.07) is 2.52. The lowest BCUT2D eigenvalue weighted by atomic mass is 10.0. The fourth-order valence-corrected chi connectivity index (χ4v) is 3.63. The summed E-state index contributed by atoms with van der Waals surface area (Å²) in [5.74, 6) is 1.07. The van der Waals surface area contributed by atoms with Gasteiger partial charge in [0.25, 0.3) is 5.91 Å². The molecule has 2 heterocycles. The molecule has 28 heavy (non-hydrogen) atoms. The van der Waals surface area contributed by atoms with E-state index in [4.69, 9.17) is 4.42 Å². The van der Waals surface area contributed by atoms with Crippen LogP contribution in [0.5, 0.6) is 0 Å². The number of amides is 1. The van der Waals surface area contributed by atoms with Gasteiger partial charge in [-0.3, -0.25) is 14.7 Å². The summed E-state index contributed by atoms with van der Waals surface area (Å²) in [7, 11) is 0. The SMILES string of the molecule is CCNC(=NCCCNC(=O)c1occc1C)NCCN1CCCCC1CC. The Kier molecular flexibility index (Phi) is 9.90. The van der Waals surface area contributed by atoms with Crippen LogP contribution >= 0.6 is 0 Å². The lowest BCUT2D eigenvalue weighted by molar-refractivity contribution is 0.0925. The second kappa shape index (κ2) is 12.4. The van der Waals surface area contributed by atoms with E-state index in [1.165, 1.54) is 38.5 Å². The largest absolute Gasteiger partial charge is 0.459 e. The van der Waals surface area contributed by atoms with Crippen molar-refractivity contribution in [2.45, 2.75) is 58.9 Å². The molecular formula is C21H37N5O2. The van der Waals surface area contributed by atoms with Crippen LogP contribution in [0, 0.1) is 6.92 Å². The van der Waals surface area contributed by atoms with Crippen LogP contribution in [-0.4, -0.2) is 62.1 Å². The van der Waals surface area contributed by atoms with Gasteiger partial charge >= 0.3 is 0 Å². The van der Waals surface area contributed by atoms with Crippen molar-refractivity contribution in [2.24, 2.45) is 4.99 Å². The molecule has 1 fully saturated rings. The molecule has 1 aromatic rings. The number of rotatable bonds is 10. The van der Waals surface area contributed by atoms with Gasteiger partial charge in [0.1, 0.15) is 0 Å². The van der Waals surface area contributed by atoms with E-state index in [0.29, 0.717) is 18.8 Å². The highest BCUT2D eigenvalue weighted by molar-refractivity contribution is 5.92. The molecule has 1 aliphatic rings. The van der Waals surface area contributed by atoms with Gasteiger partial charge in [-0.15, -0.1) is 0 Å². The monoisotopic (exact) mass is 391 g/mol. The Labute approximate surface area is 169 Å². The van der Waals surface area contributed by atoms with Crippen LogP contribution in [-0.2, 0) is 0 Å². The van der Waals surface area contributed by atoms with Crippen LogP contribution < -0.4 is 16.0 Å². The molecule has 3 N–H and O–H groups in total. The van der Waals surface area contributed by atoms with Gasteiger partial charge in [-0.1, -0.05) is 13.3 Å². The van der Waals surface area contributed by atoms with E-state index in [1.54, 1.807) is 6.07 Å². The number of hydrogen-bond acceptors (Lipinski definition) is 4. The van der Waals surface area contributed by atoms with Gasteiger partial charge in [0, 0.05) is 44.3 Å². The summed E-state index contributed by atoms with van der Waals surface area (Å²) in [6.07, 6.45) is 7.56. The standard InChI is InChI=1S/C21H37N5O2/c1-4-18-9-6-7-14-26(18)15-13-25-21(22-5-2)24-12-8-11-23-20(27)19-17(3)10-16-28-19/h10,16,18H,4-9,11-15H2,1-3H3,(H,23,27)(H2,22,24,25). The topological polar surface area (TPSA) is 81.9 Å². The molecule has 0 bridgehead atoms. The van der Waals surface area contributed by atoms with Gasteiger partial charge < -0.3 is 20.4 Å². The molecule has 0 radical (unpaired) electrons. The molecule has 7 heteroatoms. The van der Waals surface area contributed by atoms with Crippen LogP contribution in [0.3, 0.4) is 0 Å². The number of piperidine rings is 1. The fraction of sp³-hybridized carbons (Fsp3) is 0.714. The van der Waals surface area contributed by atoms with E-state index in [9.17, 15) is 4.79 Å². The lowest BCUT2D eigenvalue weighted by Gasteiger charge is -2.35. The Morgan fingerprint density at radius 3 is 2.82 bits per heavy atom. The quantitative estimate of drug-likeness (QED) is 0.324. The zero-order valence-electron chi connectivity index (χ0n) is 17.7. The second-order valence-corrected chi connectivity index (χ2v) is 7.32. The molecule has 1 aromatic heterocycles. The van der Waals surface area contributed by atoms with Crippen LogP contribution in [0.1, 0.15) is 62.1 Å². The molecule has 0 aliphatic carbocycles. The van der Waals surface area contributed by atoms with Gasteiger partial charge in [-0.2, -0.15) is 0 Å². The molecule has 7 nitrogen and oxygen atoms in total. The van der Waals surface area contributed by atoms with Gasteiger partial charge in [0.05, 0.1) is 6.26 Å². The van der Waals surface area contributed by atoms with Crippen molar-refractivity contribution in [2.75, 3.05) is 39.3 Å². The molecule has 2 rings (SSSR count). The van der Waals surface area contributed by atoms with Crippen molar-refractivity contribution in [3.05, 3.63) is 23.7 Å². The van der Waals surface area contributed by atoms with E-state index in [1.807, 2.05) is 6.92 Å². The minimum atomic E-state index is -0.163. The predicted octanol–water partition coefficient (Wildman–Crippen LogP) is 2.53. The molecule has 0 spiro atoms. The zero-order chi connectivity index (χ0) is 20.2. The fourth-order valence-electron chi connectivity index (χ4n) is 3.63. The third-order valence-corrected chi connectivity index (χ3v) is 5.21. The van der Waals surface area contributed by atoms with Crippen LogP contribution in [0.4, 0.5) is 0 Å². The van der Waals surface area contributed by atoms with E-state index < -0.39 is 0 Å². The summed E-state index contributed by atoms with van der Waals surface area (Å²) in [6.45, 7) is 11.5. The molecule has 1 unspecified atom stereocenters. The highest BCUT2D eigenvalue weighted by Gasteiger charge is 2.19. The number of nitrogens with zero attached hydrogens (tertiary/aromatic N) is 2. The normalized spacial score (nSPS) is 18.1. The van der Waals surface area contributed by atoms with Crippen molar-refractivity contribution in [1.82, 2.24) is 20.9 Å². The molecule has 1 aliphatic heterocycles. The van der Waals surface area contributed by atoms with Crippen molar-refractivity contribution in [3.8, 4) is 0 Å². The summed E-state index contributed by atoms with van der Waals surface area (Å²) in [5, 5.41) is 9.61. The minimum Gasteiger partial charge on any atom is -0.459 e. The maximum atomic E-state index is 12.0. The molecule has 1 saturated heterocycles. The van der Waals surface area contributed by atoms with Crippen LogP contribution in [0.15, 0.2) is 21.7 Å². The number of aryl methyl sites for hydroxylation is 1. The van der Waals surface area contributed by atoms with Crippen LogP contribution in [0.25, 0.3) is 0 Å². The molecule has 1 atom stereocenters. The van der Waals surface area contributed by atoms with E-state index >= 15 is 0 Å². The Morgan fingerprint density at radius 1 is 1.25 bits per heavy atom. The number of furan rings is 1. The van der Waals surface area contributed by atoms with Gasteiger partial charge in [0.2, 0.25) is 0 Å². The average Bonchev–Trinajstić information content (AvgIpc) is 3.14. The van der Waals surface area contributed by atoms with Crippen molar-refractivity contribution >= 4 is 11.9 Å². The van der Waals surface area contributed by atoms with Gasteiger partial charge in [0.15, 0.2) is 11.7 Å². The van der Waals surface area contributed by atoms with E-state index in [2.05, 4.69) is 39.7 Å². The predicted molar refractivity (Wildman–Crippen MR) is 114 cm³/mol. The van der Waals surface area contributed by atoms with Crippen LogP contribution in [0.2, 0.25) is 0 Å². The van der Waals surface area contributed by atoms with Gasteiger partial charge in [-0.05, 0) is 52.1 Å². The van der Waals surface area contributed by atoms with Crippen molar-refractivity contribution in [1.29, 1.82) is 0 Å². The number of carbonyl (C=O) groups excluding carboxylic acids is 1. The Balaban J connectivity index is 1.67. The molecule has 0 aromatic carbocycles. The zero-order valence-corrected chi connectivity index (χ0v) is 17.7. The van der Waals surface area contributed by atoms with Crippen molar-refractivity contribution < 1.29 is 9.21 Å². The first-order chi connectivity index (χ1) is 13.7. The molecule has 158 valence electrons. The minimum absolute atomic E-state index is 0.163. The number of guanidine groups is 1. The highest BCUT2D eigenvalue weighted by Crippen LogP contribution is 2.18. The average molecular weight is 392 g/mol. The first-order valence-corrected chi connectivity index (χ1v) is 10.7. The third-order valence-electron chi connectivity index (χ3n) is 5.21. The number of nitrogens with one attached hydrogen (secondary N) is 3. The first-order valence-electron chi connectivity index (χ1n) is 10.7. The number of hydrogen-bond donors (Lipinski definition) is 3. The smallest absolute Gasteiger partial charge is 0.287 e. The second-order valence-electron chi connectivity index (χ2n) is 7.32. The van der Waals surface area contributed by atoms with E-state index in [0.717, 1.165) is 43.6 Å². The maximum absolute atomic E-state index is 12.0. The molecular weight excluding hydrogens is 354 g/mol. The number of carbonyl (C=O) groups is 1. The Morgan fingerprint density at radius 2 is 2.11 bits per heavy atom. The number of aliphatic imine (C=N–C) groups is 1. The highest BCUT2D eigenvalue weighted by atomic mass is 16.3. The number of likely N-dealkylation sites (tertiary alicyclic amines) is 1. The Bertz CT molecular complexity index is 614. The summed E-state index contributed by atoms with van der Waals surface area (Å²) < 4.78 is 5.20. The summed E-state index contributed by atoms with van der Waals surface area (Å²) in [5.41, 5.74) is 0.855. The van der Waals surface area contributed by atoms with Crippen molar-refractivity contribution in [3.63, 3.8) is 0 Å². The van der Waals surface area contributed by atoms with Gasteiger partial charge in [-0.25, -0.2) is 0 Å². The third kappa shape index (κ3) is 7.19. The first kappa shape index (κ1) is 22.3. The van der Waals surface area contributed by atoms with E-state index in [-0.39, 0.29) is 5.91 Å². The Hall–Kier alpha value is -2.02. The molecule has 1 amide bonds. The lowest BCUT2D eigenvalue weighted by Crippen LogP contribution is -2.46. The summed E-state index contributed by atoms with van der Waals surface area (Å²) >= 11 is 0.